The summed E-state index contributed by atoms with van der Waals surface area (Å²) in [6.07, 6.45) is 0. The topological polar surface area (TPSA) is 42.3 Å². The van der Waals surface area contributed by atoms with Crippen LogP contribution >= 0.6 is 0 Å². The van der Waals surface area contributed by atoms with Crippen molar-refractivity contribution in [2.45, 2.75) is 6.04 Å². The Hall–Kier alpha value is -1.64. The second-order valence-corrected chi connectivity index (χ2v) is 5.08. The lowest BCUT2D eigenvalue weighted by Gasteiger charge is -2.37. The van der Waals surface area contributed by atoms with Crippen LogP contribution in [0.1, 0.15) is 5.56 Å². The molecule has 4 nitrogen and oxygen atoms in total. The van der Waals surface area contributed by atoms with E-state index in [1.54, 1.807) is 6.07 Å². The standard InChI is InChI=1S/C14H19FN4/c1-18-5-6-19(2)13(10-18)9-17-12-4-3-11(8-16)14(15)7-12/h3-4,7,13,17H,5-6,9-10H2,1-2H3. The number of hydrogen-bond acceptors (Lipinski definition) is 4. The van der Waals surface area contributed by atoms with E-state index in [1.807, 2.05) is 6.07 Å². The third kappa shape index (κ3) is 3.43. The molecular formula is C14H19FN4. The SMILES string of the molecule is CN1CCN(C)C(CNc2ccc(C#N)c(F)c2)C1. The average molecular weight is 262 g/mol. The van der Waals surface area contributed by atoms with Crippen molar-refractivity contribution in [2.75, 3.05) is 45.6 Å². The Morgan fingerprint density at radius 2 is 2.21 bits per heavy atom. The maximum atomic E-state index is 13.5. The van der Waals surface area contributed by atoms with Crippen molar-refractivity contribution >= 4 is 5.69 Å². The van der Waals surface area contributed by atoms with Gasteiger partial charge in [0.05, 0.1) is 5.56 Å². The summed E-state index contributed by atoms with van der Waals surface area (Å²) in [7, 11) is 4.22. The minimum atomic E-state index is -0.471. The number of nitrogens with zero attached hydrogens (tertiary/aromatic N) is 3. The molecule has 1 aliphatic rings. The Morgan fingerprint density at radius 1 is 1.42 bits per heavy atom. The van der Waals surface area contributed by atoms with Gasteiger partial charge in [-0.3, -0.25) is 4.90 Å². The normalized spacial score (nSPS) is 21.1. The van der Waals surface area contributed by atoms with E-state index in [0.29, 0.717) is 6.04 Å². The first-order valence-electron chi connectivity index (χ1n) is 6.42. The van der Waals surface area contributed by atoms with Crippen LogP contribution in [-0.4, -0.2) is 56.1 Å². The minimum Gasteiger partial charge on any atom is -0.383 e. The van der Waals surface area contributed by atoms with Crippen molar-refractivity contribution in [3.8, 4) is 6.07 Å². The molecule has 0 bridgehead atoms. The second kappa shape index (κ2) is 6.00. The van der Waals surface area contributed by atoms with E-state index in [-0.39, 0.29) is 5.56 Å². The Kier molecular flexibility index (Phi) is 4.35. The van der Waals surface area contributed by atoms with E-state index in [2.05, 4.69) is 29.2 Å². The lowest BCUT2D eigenvalue weighted by atomic mass is 10.1. The fourth-order valence-corrected chi connectivity index (χ4v) is 2.27. The van der Waals surface area contributed by atoms with Crippen molar-refractivity contribution < 1.29 is 4.39 Å². The van der Waals surface area contributed by atoms with Crippen LogP contribution < -0.4 is 5.32 Å². The highest BCUT2D eigenvalue weighted by molar-refractivity contribution is 5.48. The molecule has 102 valence electrons. The number of nitriles is 1. The molecule has 0 aromatic heterocycles. The molecule has 0 spiro atoms. The number of likely N-dealkylation sites (N-methyl/N-ethyl adjacent to an activating group) is 2. The molecule has 0 radical (unpaired) electrons. The molecular weight excluding hydrogens is 243 g/mol. The summed E-state index contributed by atoms with van der Waals surface area (Å²) in [5, 5.41) is 11.9. The first-order chi connectivity index (χ1) is 9.10. The molecule has 1 unspecified atom stereocenters. The van der Waals surface area contributed by atoms with Crippen molar-refractivity contribution in [1.29, 1.82) is 5.26 Å². The maximum Gasteiger partial charge on any atom is 0.143 e. The number of piperazine rings is 1. The van der Waals surface area contributed by atoms with Gasteiger partial charge in [0.15, 0.2) is 0 Å². The van der Waals surface area contributed by atoms with Gasteiger partial charge in [-0.25, -0.2) is 4.39 Å². The Morgan fingerprint density at radius 3 is 2.89 bits per heavy atom. The van der Waals surface area contributed by atoms with Gasteiger partial charge in [-0.15, -0.1) is 0 Å². The average Bonchev–Trinajstić information content (AvgIpc) is 2.40. The summed E-state index contributed by atoms with van der Waals surface area (Å²) in [5.74, 6) is -0.471. The quantitative estimate of drug-likeness (QED) is 0.893. The van der Waals surface area contributed by atoms with Gasteiger partial charge in [-0.2, -0.15) is 5.26 Å². The van der Waals surface area contributed by atoms with Gasteiger partial charge in [0.25, 0.3) is 0 Å². The van der Waals surface area contributed by atoms with Crippen LogP contribution in [0.2, 0.25) is 0 Å². The Balaban J connectivity index is 1.95. The van der Waals surface area contributed by atoms with Crippen molar-refractivity contribution in [3.63, 3.8) is 0 Å². The first kappa shape index (κ1) is 13.8. The minimum absolute atomic E-state index is 0.0834. The van der Waals surface area contributed by atoms with Crippen LogP contribution in [0.15, 0.2) is 18.2 Å². The maximum absolute atomic E-state index is 13.5. The Labute approximate surface area is 113 Å². The highest BCUT2D eigenvalue weighted by Crippen LogP contribution is 2.14. The molecule has 0 saturated carbocycles. The number of benzene rings is 1. The van der Waals surface area contributed by atoms with Crippen LogP contribution in [0.3, 0.4) is 0 Å². The highest BCUT2D eigenvalue weighted by Gasteiger charge is 2.21. The van der Waals surface area contributed by atoms with Crippen LogP contribution in [0, 0.1) is 17.1 Å². The van der Waals surface area contributed by atoms with Crippen molar-refractivity contribution in [2.24, 2.45) is 0 Å². The van der Waals surface area contributed by atoms with Gasteiger partial charge in [0.1, 0.15) is 11.9 Å². The molecule has 1 aromatic carbocycles. The molecule has 1 saturated heterocycles. The van der Waals surface area contributed by atoms with E-state index in [9.17, 15) is 4.39 Å². The molecule has 2 rings (SSSR count). The zero-order chi connectivity index (χ0) is 13.8. The lowest BCUT2D eigenvalue weighted by Crippen LogP contribution is -2.52. The fraction of sp³-hybridized carbons (Fsp3) is 0.500. The van der Waals surface area contributed by atoms with Crippen LogP contribution in [-0.2, 0) is 0 Å². The van der Waals surface area contributed by atoms with Crippen LogP contribution in [0.4, 0.5) is 10.1 Å². The van der Waals surface area contributed by atoms with E-state index in [4.69, 9.17) is 5.26 Å². The molecule has 1 N–H and O–H groups in total. The summed E-state index contributed by atoms with van der Waals surface area (Å²) in [6, 6.07) is 6.87. The van der Waals surface area contributed by atoms with Gasteiger partial charge in [0.2, 0.25) is 0 Å². The number of halogens is 1. The molecule has 0 amide bonds. The Bertz CT molecular complexity index is 483. The summed E-state index contributed by atoms with van der Waals surface area (Å²) in [4.78, 5) is 4.61. The molecule has 1 aliphatic heterocycles. The number of hydrogen-bond donors (Lipinski definition) is 1. The zero-order valence-corrected chi connectivity index (χ0v) is 11.4. The van der Waals surface area contributed by atoms with Gasteiger partial charge < -0.3 is 10.2 Å². The smallest absolute Gasteiger partial charge is 0.143 e. The monoisotopic (exact) mass is 262 g/mol. The molecule has 19 heavy (non-hydrogen) atoms. The fourth-order valence-electron chi connectivity index (χ4n) is 2.27. The van der Waals surface area contributed by atoms with Crippen LogP contribution in [0.25, 0.3) is 0 Å². The first-order valence-corrected chi connectivity index (χ1v) is 6.42. The summed E-state index contributed by atoms with van der Waals surface area (Å²) >= 11 is 0. The van der Waals surface area contributed by atoms with E-state index >= 15 is 0 Å². The van der Waals surface area contributed by atoms with E-state index < -0.39 is 5.82 Å². The van der Waals surface area contributed by atoms with Gasteiger partial charge in [-0.05, 0) is 32.3 Å². The second-order valence-electron chi connectivity index (χ2n) is 5.08. The summed E-state index contributed by atoms with van der Waals surface area (Å²) in [5.41, 5.74) is 0.804. The van der Waals surface area contributed by atoms with Gasteiger partial charge >= 0.3 is 0 Å². The largest absolute Gasteiger partial charge is 0.383 e. The van der Waals surface area contributed by atoms with E-state index in [0.717, 1.165) is 31.9 Å². The number of anilines is 1. The molecule has 1 heterocycles. The van der Waals surface area contributed by atoms with Gasteiger partial charge in [0, 0.05) is 37.9 Å². The predicted octanol–water partition coefficient (Wildman–Crippen LogP) is 1.36. The van der Waals surface area contributed by atoms with E-state index in [1.165, 1.54) is 12.1 Å². The summed E-state index contributed by atoms with van der Waals surface area (Å²) < 4.78 is 13.5. The van der Waals surface area contributed by atoms with Crippen molar-refractivity contribution in [1.82, 2.24) is 9.80 Å². The third-order valence-corrected chi connectivity index (χ3v) is 3.61. The number of rotatable bonds is 3. The number of nitrogens with one attached hydrogen (secondary N) is 1. The van der Waals surface area contributed by atoms with Gasteiger partial charge in [-0.1, -0.05) is 0 Å². The summed E-state index contributed by atoms with van der Waals surface area (Å²) in [6.45, 7) is 3.90. The molecule has 1 aromatic rings. The predicted molar refractivity (Wildman–Crippen MR) is 73.5 cm³/mol. The molecule has 5 heteroatoms. The van der Waals surface area contributed by atoms with Crippen LogP contribution in [0.5, 0.6) is 0 Å². The zero-order valence-electron chi connectivity index (χ0n) is 11.4. The third-order valence-electron chi connectivity index (χ3n) is 3.61. The molecule has 1 fully saturated rings. The van der Waals surface area contributed by atoms with Crippen molar-refractivity contribution in [3.05, 3.63) is 29.6 Å². The lowest BCUT2D eigenvalue weighted by molar-refractivity contribution is 0.122. The molecule has 1 atom stereocenters. The highest BCUT2D eigenvalue weighted by atomic mass is 19.1. The molecule has 0 aliphatic carbocycles.